The molecule has 7 nitrogen and oxygen atoms in total. The van der Waals surface area contributed by atoms with Crippen molar-refractivity contribution in [1.82, 2.24) is 9.97 Å². The largest absolute Gasteiger partial charge is 0.493 e. The number of methoxy groups -OCH3 is 3. The van der Waals surface area contributed by atoms with Gasteiger partial charge in [0.25, 0.3) is 0 Å². The van der Waals surface area contributed by atoms with E-state index in [4.69, 9.17) is 19.9 Å². The van der Waals surface area contributed by atoms with E-state index in [1.807, 2.05) is 12.1 Å². The second kappa shape index (κ2) is 6.35. The van der Waals surface area contributed by atoms with Crippen molar-refractivity contribution in [2.45, 2.75) is 18.8 Å². The molecule has 7 heteroatoms. The van der Waals surface area contributed by atoms with E-state index in [9.17, 15) is 4.79 Å². The van der Waals surface area contributed by atoms with Crippen molar-refractivity contribution in [3.05, 3.63) is 35.2 Å². The lowest BCUT2D eigenvalue weighted by Crippen LogP contribution is -2.21. The Balaban J connectivity index is 2.02. The van der Waals surface area contributed by atoms with Gasteiger partial charge in [0.15, 0.2) is 17.3 Å². The predicted molar refractivity (Wildman–Crippen MR) is 87.9 cm³/mol. The first-order valence-electron chi connectivity index (χ1n) is 7.51. The molecule has 1 heterocycles. The molecular formula is C17H19N3O4. The molecule has 0 bridgehead atoms. The third kappa shape index (κ3) is 2.73. The van der Waals surface area contributed by atoms with Crippen molar-refractivity contribution in [1.29, 1.82) is 0 Å². The topological polar surface area (TPSA) is 96.6 Å². The van der Waals surface area contributed by atoms with Gasteiger partial charge in [0, 0.05) is 12.6 Å². The zero-order valence-corrected chi connectivity index (χ0v) is 13.8. The molecule has 0 aliphatic heterocycles. The highest BCUT2D eigenvalue weighted by molar-refractivity contribution is 5.98. The Bertz CT molecular complexity index is 766. The molecule has 2 N–H and O–H groups in total. The Labute approximate surface area is 139 Å². The average molecular weight is 329 g/mol. The van der Waals surface area contributed by atoms with Gasteiger partial charge in [0.05, 0.1) is 32.6 Å². The molecule has 1 atom stereocenters. The van der Waals surface area contributed by atoms with Crippen LogP contribution in [0.25, 0.3) is 0 Å². The number of anilines is 1. The smallest absolute Gasteiger partial charge is 0.220 e. The number of carbonyl (C=O) groups excluding carboxylic acids is 1. The Morgan fingerprint density at radius 1 is 1.08 bits per heavy atom. The normalized spacial score (nSPS) is 16.5. The van der Waals surface area contributed by atoms with Gasteiger partial charge in [-0.2, -0.15) is 0 Å². The number of fused-ring (bicyclic) bond motifs is 1. The fourth-order valence-corrected chi connectivity index (χ4v) is 3.03. The second-order valence-corrected chi connectivity index (χ2v) is 5.58. The number of hydrogen-bond acceptors (Lipinski definition) is 7. The van der Waals surface area contributed by atoms with Crippen molar-refractivity contribution < 1.29 is 19.0 Å². The molecule has 1 aromatic heterocycles. The number of ketones is 1. The van der Waals surface area contributed by atoms with E-state index >= 15 is 0 Å². The summed E-state index contributed by atoms with van der Waals surface area (Å²) in [6, 6.07) is 3.74. The molecule has 3 rings (SSSR count). The van der Waals surface area contributed by atoms with Crippen LogP contribution in [0.15, 0.2) is 18.3 Å². The summed E-state index contributed by atoms with van der Waals surface area (Å²) in [5, 5.41) is 0. The molecule has 0 radical (unpaired) electrons. The Morgan fingerprint density at radius 3 is 2.33 bits per heavy atom. The van der Waals surface area contributed by atoms with Crippen LogP contribution in [-0.2, 0) is 6.42 Å². The molecule has 0 unspecified atom stereocenters. The number of rotatable bonds is 4. The zero-order chi connectivity index (χ0) is 17.3. The number of nitrogens with zero attached hydrogens (tertiary/aromatic N) is 2. The van der Waals surface area contributed by atoms with Crippen LogP contribution in [0.1, 0.15) is 34.0 Å². The predicted octanol–water partition coefficient (Wildman–Crippen LogP) is 2.00. The third-order valence-electron chi connectivity index (χ3n) is 4.22. The van der Waals surface area contributed by atoms with Gasteiger partial charge in [-0.05, 0) is 30.0 Å². The summed E-state index contributed by atoms with van der Waals surface area (Å²) in [4.78, 5) is 20.5. The van der Waals surface area contributed by atoms with Crippen LogP contribution in [0, 0.1) is 0 Å². The van der Waals surface area contributed by atoms with Crippen molar-refractivity contribution in [2.75, 3.05) is 27.1 Å². The number of nitrogen functional groups attached to an aromatic ring is 1. The van der Waals surface area contributed by atoms with Gasteiger partial charge in [-0.1, -0.05) is 0 Å². The van der Waals surface area contributed by atoms with Crippen molar-refractivity contribution in [2.24, 2.45) is 0 Å². The number of carbonyl (C=O) groups is 1. The van der Waals surface area contributed by atoms with Crippen molar-refractivity contribution in [3.63, 3.8) is 0 Å². The summed E-state index contributed by atoms with van der Waals surface area (Å²) in [5.74, 6) is 1.80. The van der Waals surface area contributed by atoms with Gasteiger partial charge in [-0.3, -0.25) is 4.79 Å². The number of benzene rings is 1. The van der Waals surface area contributed by atoms with Crippen LogP contribution < -0.4 is 19.9 Å². The standard InChI is InChI=1S/C17H19N3O4/c1-22-14-6-10(7-15(23-2)16(14)24-3)9-4-12-11(13(21)5-9)8-19-17(18)20-12/h6-9H,4-5H2,1-3H3,(H2,18,19,20)/t9-/m0/s1. The van der Waals surface area contributed by atoms with E-state index in [0.717, 1.165) is 5.56 Å². The van der Waals surface area contributed by atoms with Crippen LogP contribution in [0.2, 0.25) is 0 Å². The van der Waals surface area contributed by atoms with Gasteiger partial charge in [-0.25, -0.2) is 9.97 Å². The maximum absolute atomic E-state index is 12.4. The summed E-state index contributed by atoms with van der Waals surface area (Å²) in [6.45, 7) is 0. The lowest BCUT2D eigenvalue weighted by molar-refractivity contribution is 0.0962. The maximum atomic E-state index is 12.4. The van der Waals surface area contributed by atoms with Crippen LogP contribution >= 0.6 is 0 Å². The van der Waals surface area contributed by atoms with Crippen LogP contribution in [0.4, 0.5) is 5.95 Å². The van der Waals surface area contributed by atoms with E-state index in [1.165, 1.54) is 6.20 Å². The zero-order valence-electron chi connectivity index (χ0n) is 13.8. The number of Topliss-reactive ketones (excluding diaryl/α,β-unsaturated/α-hetero) is 1. The highest BCUT2D eigenvalue weighted by Crippen LogP contribution is 2.42. The quantitative estimate of drug-likeness (QED) is 0.916. The highest BCUT2D eigenvalue weighted by Gasteiger charge is 2.29. The van der Waals surface area contributed by atoms with Gasteiger partial charge < -0.3 is 19.9 Å². The minimum Gasteiger partial charge on any atom is -0.493 e. The summed E-state index contributed by atoms with van der Waals surface area (Å²) in [7, 11) is 4.69. The van der Waals surface area contributed by atoms with Crippen LogP contribution in [-0.4, -0.2) is 37.1 Å². The van der Waals surface area contributed by atoms with E-state index in [0.29, 0.717) is 41.3 Å². The van der Waals surface area contributed by atoms with E-state index in [2.05, 4.69) is 9.97 Å². The first-order valence-corrected chi connectivity index (χ1v) is 7.51. The Morgan fingerprint density at radius 2 is 1.75 bits per heavy atom. The second-order valence-electron chi connectivity index (χ2n) is 5.58. The maximum Gasteiger partial charge on any atom is 0.220 e. The summed E-state index contributed by atoms with van der Waals surface area (Å²) < 4.78 is 16.1. The molecular weight excluding hydrogens is 310 g/mol. The van der Waals surface area contributed by atoms with Crippen molar-refractivity contribution in [3.8, 4) is 17.2 Å². The lowest BCUT2D eigenvalue weighted by Gasteiger charge is -2.24. The molecule has 0 saturated carbocycles. The number of ether oxygens (including phenoxy) is 3. The van der Waals surface area contributed by atoms with E-state index in [-0.39, 0.29) is 17.6 Å². The molecule has 0 spiro atoms. The fourth-order valence-electron chi connectivity index (χ4n) is 3.03. The minimum absolute atomic E-state index is 0.00926. The third-order valence-corrected chi connectivity index (χ3v) is 4.22. The lowest BCUT2D eigenvalue weighted by atomic mass is 9.82. The van der Waals surface area contributed by atoms with Gasteiger partial charge in [0.2, 0.25) is 11.7 Å². The molecule has 1 aromatic carbocycles. The fraction of sp³-hybridized carbons (Fsp3) is 0.353. The highest BCUT2D eigenvalue weighted by atomic mass is 16.5. The minimum atomic E-state index is -0.0343. The van der Waals surface area contributed by atoms with Gasteiger partial charge >= 0.3 is 0 Å². The average Bonchev–Trinajstić information content (AvgIpc) is 2.59. The summed E-state index contributed by atoms with van der Waals surface area (Å²) >= 11 is 0. The van der Waals surface area contributed by atoms with E-state index < -0.39 is 0 Å². The monoisotopic (exact) mass is 329 g/mol. The van der Waals surface area contributed by atoms with Crippen LogP contribution in [0.5, 0.6) is 17.2 Å². The molecule has 0 fully saturated rings. The Kier molecular flexibility index (Phi) is 4.24. The molecule has 1 aliphatic carbocycles. The molecule has 0 saturated heterocycles. The molecule has 2 aromatic rings. The van der Waals surface area contributed by atoms with Crippen molar-refractivity contribution >= 4 is 11.7 Å². The number of nitrogens with two attached hydrogens (primary N) is 1. The first kappa shape index (κ1) is 16.0. The SMILES string of the molecule is COc1cc([C@@H]2CC(=O)c3cnc(N)nc3C2)cc(OC)c1OC. The molecule has 0 amide bonds. The molecule has 24 heavy (non-hydrogen) atoms. The summed E-state index contributed by atoms with van der Waals surface area (Å²) in [5.41, 5.74) is 7.81. The van der Waals surface area contributed by atoms with Gasteiger partial charge in [0.1, 0.15) is 0 Å². The first-order chi connectivity index (χ1) is 11.6. The number of aromatic nitrogens is 2. The molecule has 1 aliphatic rings. The van der Waals surface area contributed by atoms with E-state index in [1.54, 1.807) is 21.3 Å². The van der Waals surface area contributed by atoms with Gasteiger partial charge in [-0.15, -0.1) is 0 Å². The Hall–Kier alpha value is -2.83. The molecule has 126 valence electrons. The summed E-state index contributed by atoms with van der Waals surface area (Å²) in [6.07, 6.45) is 2.48. The van der Waals surface area contributed by atoms with Crippen LogP contribution in [0.3, 0.4) is 0 Å². The number of hydrogen-bond donors (Lipinski definition) is 1.